The van der Waals surface area contributed by atoms with Gasteiger partial charge in [0, 0.05) is 36.1 Å². The zero-order valence-electron chi connectivity index (χ0n) is 20.9. The lowest BCUT2D eigenvalue weighted by molar-refractivity contribution is -0.141. The number of amides is 2. The molecule has 4 nitrogen and oxygen atoms in total. The Labute approximate surface area is 214 Å². The van der Waals surface area contributed by atoms with Gasteiger partial charge in [-0.05, 0) is 43.5 Å². The van der Waals surface area contributed by atoms with Gasteiger partial charge in [0.25, 0.3) is 0 Å². The highest BCUT2D eigenvalue weighted by Gasteiger charge is 2.30. The van der Waals surface area contributed by atoms with E-state index in [9.17, 15) is 9.59 Å². The average molecular weight is 489 g/mol. The first-order valence-electron chi connectivity index (χ1n) is 12.3. The molecule has 2 atom stereocenters. The van der Waals surface area contributed by atoms with Gasteiger partial charge in [0.1, 0.15) is 6.04 Å². The van der Waals surface area contributed by atoms with E-state index in [1.165, 1.54) is 5.56 Å². The third-order valence-corrected chi connectivity index (χ3v) is 7.09. The SMILES string of the molecule is CC[C@H](C)NC(=O)[C@H](Cc1ccccc1)N(Cc1ccccc1)C(=O)CCSc1ccc(C)cc1. The van der Waals surface area contributed by atoms with Crippen molar-refractivity contribution in [2.24, 2.45) is 0 Å². The van der Waals surface area contributed by atoms with Gasteiger partial charge in [0.05, 0.1) is 0 Å². The summed E-state index contributed by atoms with van der Waals surface area (Å²) in [6.07, 6.45) is 1.68. The van der Waals surface area contributed by atoms with Crippen LogP contribution in [0.4, 0.5) is 0 Å². The van der Waals surface area contributed by atoms with Crippen LogP contribution in [0.3, 0.4) is 0 Å². The highest BCUT2D eigenvalue weighted by Crippen LogP contribution is 2.21. The number of nitrogens with one attached hydrogen (secondary N) is 1. The molecule has 0 fully saturated rings. The van der Waals surface area contributed by atoms with Crippen LogP contribution in [0.25, 0.3) is 0 Å². The van der Waals surface area contributed by atoms with Crippen molar-refractivity contribution in [2.75, 3.05) is 5.75 Å². The second kappa shape index (κ2) is 13.7. The predicted molar refractivity (Wildman–Crippen MR) is 145 cm³/mol. The Balaban J connectivity index is 1.82. The molecule has 0 aromatic heterocycles. The van der Waals surface area contributed by atoms with Gasteiger partial charge >= 0.3 is 0 Å². The van der Waals surface area contributed by atoms with Crippen molar-refractivity contribution in [3.63, 3.8) is 0 Å². The van der Waals surface area contributed by atoms with Gasteiger partial charge in [-0.3, -0.25) is 9.59 Å². The molecule has 0 radical (unpaired) electrons. The minimum absolute atomic E-state index is 0.00584. The molecular weight excluding hydrogens is 452 g/mol. The Kier molecular flexibility index (Phi) is 10.4. The maximum Gasteiger partial charge on any atom is 0.243 e. The van der Waals surface area contributed by atoms with Crippen molar-refractivity contribution in [1.29, 1.82) is 0 Å². The van der Waals surface area contributed by atoms with Gasteiger partial charge in [0.15, 0.2) is 0 Å². The van der Waals surface area contributed by atoms with Gasteiger partial charge in [-0.25, -0.2) is 0 Å². The summed E-state index contributed by atoms with van der Waals surface area (Å²) in [5.41, 5.74) is 3.27. The molecule has 0 aliphatic heterocycles. The standard InChI is InChI=1S/C30H36N2O2S/c1-4-24(3)31-30(34)28(21-25-11-7-5-8-12-25)32(22-26-13-9-6-10-14-26)29(33)19-20-35-27-17-15-23(2)16-18-27/h5-18,24,28H,4,19-22H2,1-3H3,(H,31,34)/t24-,28-/m0/s1. The molecule has 5 heteroatoms. The minimum atomic E-state index is -0.580. The average Bonchev–Trinajstić information content (AvgIpc) is 2.88. The van der Waals surface area contributed by atoms with E-state index in [1.54, 1.807) is 16.7 Å². The molecule has 0 unspecified atom stereocenters. The van der Waals surface area contributed by atoms with Crippen LogP contribution in [0.15, 0.2) is 89.8 Å². The summed E-state index contributed by atoms with van der Waals surface area (Å²) in [5, 5.41) is 3.12. The van der Waals surface area contributed by atoms with Crippen LogP contribution in [0.5, 0.6) is 0 Å². The molecule has 0 aliphatic rings. The summed E-state index contributed by atoms with van der Waals surface area (Å²) in [7, 11) is 0. The summed E-state index contributed by atoms with van der Waals surface area (Å²) in [6.45, 7) is 6.52. The van der Waals surface area contributed by atoms with E-state index in [1.807, 2.05) is 74.5 Å². The van der Waals surface area contributed by atoms with E-state index >= 15 is 0 Å². The smallest absolute Gasteiger partial charge is 0.243 e. The van der Waals surface area contributed by atoms with Crippen molar-refractivity contribution in [3.8, 4) is 0 Å². The van der Waals surface area contributed by atoms with Crippen molar-refractivity contribution >= 4 is 23.6 Å². The molecule has 0 aliphatic carbocycles. The molecule has 0 bridgehead atoms. The molecule has 0 saturated heterocycles. The lowest BCUT2D eigenvalue weighted by Crippen LogP contribution is -2.52. The van der Waals surface area contributed by atoms with Crippen LogP contribution in [0.2, 0.25) is 0 Å². The van der Waals surface area contributed by atoms with E-state index in [2.05, 4.69) is 36.5 Å². The number of carbonyl (C=O) groups excluding carboxylic acids is 2. The number of nitrogens with zero attached hydrogens (tertiary/aromatic N) is 1. The number of thioether (sulfide) groups is 1. The molecule has 35 heavy (non-hydrogen) atoms. The zero-order chi connectivity index (χ0) is 25.0. The summed E-state index contributed by atoms with van der Waals surface area (Å²) in [5.74, 6) is 0.561. The topological polar surface area (TPSA) is 49.4 Å². The Morgan fingerprint density at radius 3 is 2.09 bits per heavy atom. The highest BCUT2D eigenvalue weighted by molar-refractivity contribution is 7.99. The van der Waals surface area contributed by atoms with Crippen molar-refractivity contribution in [1.82, 2.24) is 10.2 Å². The van der Waals surface area contributed by atoms with E-state index < -0.39 is 6.04 Å². The van der Waals surface area contributed by atoms with Crippen LogP contribution in [0, 0.1) is 6.92 Å². The number of hydrogen-bond donors (Lipinski definition) is 1. The molecule has 0 heterocycles. The Morgan fingerprint density at radius 2 is 1.49 bits per heavy atom. The fourth-order valence-corrected chi connectivity index (χ4v) is 4.65. The number of hydrogen-bond acceptors (Lipinski definition) is 3. The van der Waals surface area contributed by atoms with Gasteiger partial charge in [-0.2, -0.15) is 0 Å². The predicted octanol–water partition coefficient (Wildman–Crippen LogP) is 6.03. The summed E-state index contributed by atoms with van der Waals surface area (Å²) < 4.78 is 0. The molecule has 0 saturated carbocycles. The summed E-state index contributed by atoms with van der Waals surface area (Å²) in [6, 6.07) is 27.7. The van der Waals surface area contributed by atoms with Crippen molar-refractivity contribution in [3.05, 3.63) is 102 Å². The monoisotopic (exact) mass is 488 g/mol. The molecule has 184 valence electrons. The number of benzene rings is 3. The second-order valence-corrected chi connectivity index (χ2v) is 10.1. The Hall–Kier alpha value is -3.05. The quantitative estimate of drug-likeness (QED) is 0.317. The molecule has 3 aromatic rings. The third-order valence-electron chi connectivity index (χ3n) is 6.07. The second-order valence-electron chi connectivity index (χ2n) is 8.94. The van der Waals surface area contributed by atoms with Crippen LogP contribution >= 0.6 is 11.8 Å². The zero-order valence-corrected chi connectivity index (χ0v) is 21.8. The van der Waals surface area contributed by atoms with E-state index in [-0.39, 0.29) is 17.9 Å². The number of rotatable bonds is 12. The lowest BCUT2D eigenvalue weighted by Gasteiger charge is -2.32. The van der Waals surface area contributed by atoms with Crippen molar-refractivity contribution < 1.29 is 9.59 Å². The number of aryl methyl sites for hydroxylation is 1. The largest absolute Gasteiger partial charge is 0.352 e. The molecule has 1 N–H and O–H groups in total. The van der Waals surface area contributed by atoms with E-state index in [0.29, 0.717) is 25.1 Å². The Bertz CT molecular complexity index is 1050. The highest BCUT2D eigenvalue weighted by atomic mass is 32.2. The van der Waals surface area contributed by atoms with Crippen LogP contribution in [0.1, 0.15) is 43.4 Å². The van der Waals surface area contributed by atoms with Gasteiger partial charge in [-0.1, -0.05) is 85.3 Å². The first-order valence-corrected chi connectivity index (χ1v) is 13.3. The lowest BCUT2D eigenvalue weighted by atomic mass is 10.0. The fourth-order valence-electron chi connectivity index (χ4n) is 3.81. The number of carbonyl (C=O) groups is 2. The van der Waals surface area contributed by atoms with Gasteiger partial charge in [-0.15, -0.1) is 11.8 Å². The van der Waals surface area contributed by atoms with Crippen LogP contribution in [-0.4, -0.2) is 34.6 Å². The summed E-state index contributed by atoms with van der Waals surface area (Å²) >= 11 is 1.67. The van der Waals surface area contributed by atoms with E-state index in [0.717, 1.165) is 22.4 Å². The normalized spacial score (nSPS) is 12.5. The van der Waals surface area contributed by atoms with Crippen molar-refractivity contribution in [2.45, 2.75) is 63.6 Å². The molecule has 3 aromatic carbocycles. The van der Waals surface area contributed by atoms with Crippen LogP contribution < -0.4 is 5.32 Å². The minimum Gasteiger partial charge on any atom is -0.352 e. The maximum atomic E-state index is 13.6. The first-order chi connectivity index (χ1) is 17.0. The summed E-state index contributed by atoms with van der Waals surface area (Å²) in [4.78, 5) is 30.0. The maximum absolute atomic E-state index is 13.6. The van der Waals surface area contributed by atoms with Gasteiger partial charge < -0.3 is 10.2 Å². The first kappa shape index (κ1) is 26.6. The molecule has 3 rings (SSSR count). The fraction of sp³-hybridized carbons (Fsp3) is 0.333. The molecule has 0 spiro atoms. The molecular formula is C30H36N2O2S. The molecule has 2 amide bonds. The van der Waals surface area contributed by atoms with Gasteiger partial charge in [0.2, 0.25) is 11.8 Å². The van der Waals surface area contributed by atoms with Crippen LogP contribution in [-0.2, 0) is 22.6 Å². The third kappa shape index (κ3) is 8.59. The van der Waals surface area contributed by atoms with E-state index in [4.69, 9.17) is 0 Å². The Morgan fingerprint density at radius 1 is 0.886 bits per heavy atom.